The Balaban J connectivity index is 1.83. The Morgan fingerprint density at radius 2 is 1.71 bits per heavy atom. The number of imide groups is 1. The number of carbonyl (C=O) groups is 3. The molecule has 28 heavy (non-hydrogen) atoms. The maximum absolute atomic E-state index is 13.1. The van der Waals surface area contributed by atoms with E-state index in [1.165, 1.54) is 0 Å². The molecule has 1 aliphatic heterocycles. The summed E-state index contributed by atoms with van der Waals surface area (Å²) in [7, 11) is 0. The summed E-state index contributed by atoms with van der Waals surface area (Å²) in [5, 5.41) is 2.76. The minimum absolute atomic E-state index is 0.250. The molecule has 1 heterocycles. The third kappa shape index (κ3) is 3.44. The van der Waals surface area contributed by atoms with E-state index in [0.29, 0.717) is 17.0 Å². The van der Waals surface area contributed by atoms with Gasteiger partial charge >= 0.3 is 6.03 Å². The Kier molecular flexibility index (Phi) is 5.11. The third-order valence-electron chi connectivity index (χ3n) is 5.41. The highest BCUT2D eigenvalue weighted by molar-refractivity contribution is 6.11. The molecular formula is C23H26N2O3. The molecule has 1 N–H and O–H groups in total. The predicted octanol–water partition coefficient (Wildman–Crippen LogP) is 4.08. The van der Waals surface area contributed by atoms with Gasteiger partial charge in [-0.25, -0.2) is 4.79 Å². The fourth-order valence-electron chi connectivity index (χ4n) is 3.59. The zero-order chi connectivity index (χ0) is 20.6. The monoisotopic (exact) mass is 378 g/mol. The van der Waals surface area contributed by atoms with E-state index < -0.39 is 17.5 Å². The van der Waals surface area contributed by atoms with Crippen LogP contribution < -0.4 is 5.32 Å². The minimum Gasteiger partial charge on any atom is -0.319 e. The van der Waals surface area contributed by atoms with E-state index in [-0.39, 0.29) is 12.3 Å². The first kappa shape index (κ1) is 19.8. The van der Waals surface area contributed by atoms with Crippen LogP contribution in [0.15, 0.2) is 42.5 Å². The lowest BCUT2D eigenvalue weighted by Gasteiger charge is -2.23. The normalized spacial score (nSPS) is 19.3. The molecule has 1 atom stereocenters. The topological polar surface area (TPSA) is 66.5 Å². The molecule has 1 aliphatic rings. The quantitative estimate of drug-likeness (QED) is 0.630. The van der Waals surface area contributed by atoms with Gasteiger partial charge in [0.1, 0.15) is 5.54 Å². The highest BCUT2D eigenvalue weighted by Crippen LogP contribution is 2.30. The molecule has 3 rings (SSSR count). The van der Waals surface area contributed by atoms with Gasteiger partial charge < -0.3 is 5.32 Å². The zero-order valence-electron chi connectivity index (χ0n) is 17.0. The molecule has 146 valence electrons. The molecule has 2 aromatic carbocycles. The van der Waals surface area contributed by atoms with Crippen LogP contribution in [0.25, 0.3) is 0 Å². The Morgan fingerprint density at radius 3 is 2.29 bits per heavy atom. The van der Waals surface area contributed by atoms with E-state index in [9.17, 15) is 14.4 Å². The summed E-state index contributed by atoms with van der Waals surface area (Å²) in [6.07, 6.45) is 0. The van der Waals surface area contributed by atoms with E-state index in [4.69, 9.17) is 0 Å². The van der Waals surface area contributed by atoms with Crippen LogP contribution in [0.1, 0.15) is 59.3 Å². The molecule has 0 bridgehead atoms. The first-order chi connectivity index (χ1) is 13.1. The maximum atomic E-state index is 13.1. The molecule has 3 amide bonds. The summed E-state index contributed by atoms with van der Waals surface area (Å²) >= 11 is 0. The third-order valence-corrected chi connectivity index (χ3v) is 5.41. The van der Waals surface area contributed by atoms with E-state index >= 15 is 0 Å². The van der Waals surface area contributed by atoms with Gasteiger partial charge in [-0.1, -0.05) is 61.9 Å². The number of urea groups is 1. The minimum atomic E-state index is -1.17. The van der Waals surface area contributed by atoms with Crippen LogP contribution in [-0.4, -0.2) is 29.2 Å². The summed E-state index contributed by atoms with van der Waals surface area (Å²) in [6, 6.07) is 12.6. The lowest BCUT2D eigenvalue weighted by Crippen LogP contribution is -2.41. The number of hydrogen-bond donors (Lipinski definition) is 1. The van der Waals surface area contributed by atoms with Gasteiger partial charge in [-0.15, -0.1) is 0 Å². The fraction of sp³-hybridized carbons (Fsp3) is 0.348. The number of Topliss-reactive ketones (excluding diaryl/α,β-unsaturated/α-hetero) is 1. The molecule has 0 radical (unpaired) electrons. The number of rotatable bonds is 5. The molecule has 0 spiro atoms. The number of ketones is 1. The van der Waals surface area contributed by atoms with Crippen molar-refractivity contribution in [3.05, 3.63) is 70.3 Å². The second kappa shape index (κ2) is 7.23. The Morgan fingerprint density at radius 1 is 1.07 bits per heavy atom. The lowest BCUT2D eigenvalue weighted by molar-refractivity contribution is -0.130. The average molecular weight is 378 g/mol. The first-order valence-corrected chi connectivity index (χ1v) is 9.48. The van der Waals surface area contributed by atoms with Crippen LogP contribution in [0.4, 0.5) is 4.79 Å². The Bertz CT molecular complexity index is 947. The highest BCUT2D eigenvalue weighted by Gasteiger charge is 2.49. The van der Waals surface area contributed by atoms with E-state index in [2.05, 4.69) is 19.2 Å². The second-order valence-electron chi connectivity index (χ2n) is 7.96. The molecule has 5 heteroatoms. The number of aryl methyl sites for hydroxylation is 2. The number of hydrogen-bond acceptors (Lipinski definition) is 3. The van der Waals surface area contributed by atoms with Gasteiger partial charge in [-0.2, -0.15) is 0 Å². The van der Waals surface area contributed by atoms with Crippen LogP contribution in [-0.2, 0) is 10.3 Å². The van der Waals surface area contributed by atoms with E-state index in [0.717, 1.165) is 21.6 Å². The highest BCUT2D eigenvalue weighted by atomic mass is 16.2. The van der Waals surface area contributed by atoms with Gasteiger partial charge in [0.05, 0.1) is 6.54 Å². The Labute approximate surface area is 165 Å². The van der Waals surface area contributed by atoms with Crippen LogP contribution in [0, 0.1) is 13.8 Å². The van der Waals surface area contributed by atoms with Gasteiger partial charge in [-0.3, -0.25) is 14.5 Å². The van der Waals surface area contributed by atoms with Crippen molar-refractivity contribution >= 4 is 17.7 Å². The van der Waals surface area contributed by atoms with Crippen molar-refractivity contribution in [1.82, 2.24) is 10.2 Å². The summed E-state index contributed by atoms with van der Waals surface area (Å²) in [5.41, 5.74) is 3.12. The number of nitrogens with zero attached hydrogens (tertiary/aromatic N) is 1. The van der Waals surface area contributed by atoms with Crippen LogP contribution in [0.5, 0.6) is 0 Å². The molecule has 1 fully saturated rings. The van der Waals surface area contributed by atoms with Crippen LogP contribution >= 0.6 is 0 Å². The summed E-state index contributed by atoms with van der Waals surface area (Å²) in [6.45, 7) is 9.41. The number of carbonyl (C=O) groups excluding carboxylic acids is 3. The molecule has 1 saturated heterocycles. The van der Waals surface area contributed by atoms with Crippen molar-refractivity contribution in [3.63, 3.8) is 0 Å². The van der Waals surface area contributed by atoms with Gasteiger partial charge in [0.25, 0.3) is 5.91 Å². The predicted molar refractivity (Wildman–Crippen MR) is 108 cm³/mol. The van der Waals surface area contributed by atoms with Gasteiger partial charge in [-0.05, 0) is 43.4 Å². The van der Waals surface area contributed by atoms with E-state index in [1.54, 1.807) is 13.0 Å². The van der Waals surface area contributed by atoms with Crippen molar-refractivity contribution in [2.75, 3.05) is 6.54 Å². The van der Waals surface area contributed by atoms with Gasteiger partial charge in [0.2, 0.25) is 0 Å². The standard InChI is InChI=1S/C23H26N2O3/c1-14(2)17-7-9-18(10-8-17)23(5)21(27)25(22(28)24-23)13-20(26)19-11-6-15(3)12-16(19)4/h6-12,14H,13H2,1-5H3,(H,24,28). The molecular weight excluding hydrogens is 352 g/mol. The molecule has 1 unspecified atom stereocenters. The van der Waals surface area contributed by atoms with Gasteiger partial charge in [0, 0.05) is 5.56 Å². The van der Waals surface area contributed by atoms with Gasteiger partial charge in [0.15, 0.2) is 5.78 Å². The Hall–Kier alpha value is -2.95. The molecule has 0 aliphatic carbocycles. The number of nitrogens with one attached hydrogen (secondary N) is 1. The summed E-state index contributed by atoms with van der Waals surface area (Å²) in [4.78, 5) is 39.3. The van der Waals surface area contributed by atoms with Crippen LogP contribution in [0.3, 0.4) is 0 Å². The van der Waals surface area contributed by atoms with Crippen molar-refractivity contribution in [2.24, 2.45) is 0 Å². The number of benzene rings is 2. The summed E-state index contributed by atoms with van der Waals surface area (Å²) in [5.74, 6) is -0.282. The fourth-order valence-corrected chi connectivity index (χ4v) is 3.59. The molecule has 0 aromatic heterocycles. The second-order valence-corrected chi connectivity index (χ2v) is 7.96. The first-order valence-electron chi connectivity index (χ1n) is 9.48. The van der Waals surface area contributed by atoms with Crippen LogP contribution in [0.2, 0.25) is 0 Å². The smallest absolute Gasteiger partial charge is 0.319 e. The molecule has 2 aromatic rings. The molecule has 5 nitrogen and oxygen atoms in total. The van der Waals surface area contributed by atoms with E-state index in [1.807, 2.05) is 50.2 Å². The lowest BCUT2D eigenvalue weighted by atomic mass is 9.90. The van der Waals surface area contributed by atoms with Crippen molar-refractivity contribution < 1.29 is 14.4 Å². The van der Waals surface area contributed by atoms with Crippen molar-refractivity contribution in [1.29, 1.82) is 0 Å². The van der Waals surface area contributed by atoms with Crippen molar-refractivity contribution in [3.8, 4) is 0 Å². The SMILES string of the molecule is Cc1ccc(C(=O)CN2C(=O)NC(C)(c3ccc(C(C)C)cc3)C2=O)c(C)c1. The van der Waals surface area contributed by atoms with Crippen molar-refractivity contribution in [2.45, 2.75) is 46.1 Å². The summed E-state index contributed by atoms with van der Waals surface area (Å²) < 4.78 is 0. The molecule has 0 saturated carbocycles. The number of amides is 3. The zero-order valence-corrected chi connectivity index (χ0v) is 17.0. The maximum Gasteiger partial charge on any atom is 0.325 e. The largest absolute Gasteiger partial charge is 0.325 e. The average Bonchev–Trinajstić information content (AvgIpc) is 2.85.